The molecule has 6 heteroatoms. The summed E-state index contributed by atoms with van der Waals surface area (Å²) in [7, 11) is 0. The van der Waals surface area contributed by atoms with E-state index >= 15 is 0 Å². The van der Waals surface area contributed by atoms with E-state index in [0.717, 1.165) is 11.4 Å². The van der Waals surface area contributed by atoms with E-state index in [-0.39, 0.29) is 10.6 Å². The smallest absolute Gasteiger partial charge is 0.273 e. The lowest BCUT2D eigenvalue weighted by atomic mass is 10.2. The van der Waals surface area contributed by atoms with E-state index in [4.69, 9.17) is 4.74 Å². The zero-order valence-electron chi connectivity index (χ0n) is 11.5. The van der Waals surface area contributed by atoms with Gasteiger partial charge in [-0.2, -0.15) is 0 Å². The molecule has 0 radical (unpaired) electrons. The Morgan fingerprint density at radius 2 is 2.00 bits per heavy atom. The van der Waals surface area contributed by atoms with Crippen molar-refractivity contribution in [3.05, 3.63) is 62.6 Å². The molecule has 110 valence electrons. The van der Waals surface area contributed by atoms with E-state index in [1.165, 1.54) is 6.07 Å². The highest BCUT2D eigenvalue weighted by atomic mass is 79.9. The number of hydrogen-bond donors (Lipinski definition) is 1. The minimum absolute atomic E-state index is 0.105. The molecule has 1 N–H and O–H groups in total. The van der Waals surface area contributed by atoms with Crippen molar-refractivity contribution in [3.8, 4) is 5.75 Å². The van der Waals surface area contributed by atoms with Gasteiger partial charge in [0.1, 0.15) is 12.4 Å². The standard InChI is InChI=1S/C15H15BrN2O3/c1-11-9-14(13(16)10-15(11)18(19)20)17-7-8-21-12-5-3-2-4-6-12/h2-6,9-10,17H,7-8H2,1H3. The Kier molecular flexibility index (Phi) is 5.16. The Balaban J connectivity index is 1.92. The maximum atomic E-state index is 10.8. The summed E-state index contributed by atoms with van der Waals surface area (Å²) in [5.41, 5.74) is 1.54. The summed E-state index contributed by atoms with van der Waals surface area (Å²) in [5.74, 6) is 0.818. The lowest BCUT2D eigenvalue weighted by molar-refractivity contribution is -0.385. The van der Waals surface area contributed by atoms with E-state index in [0.29, 0.717) is 23.2 Å². The third-order valence-corrected chi connectivity index (χ3v) is 3.57. The number of ether oxygens (including phenoxy) is 1. The third kappa shape index (κ3) is 4.19. The highest BCUT2D eigenvalue weighted by Gasteiger charge is 2.13. The van der Waals surface area contributed by atoms with Crippen LogP contribution in [0.4, 0.5) is 11.4 Å². The molecule has 0 spiro atoms. The van der Waals surface area contributed by atoms with Crippen LogP contribution in [0.25, 0.3) is 0 Å². The molecule has 0 atom stereocenters. The predicted molar refractivity (Wildman–Crippen MR) is 86.0 cm³/mol. The SMILES string of the molecule is Cc1cc(NCCOc2ccccc2)c(Br)cc1[N+](=O)[O-]. The van der Waals surface area contributed by atoms with Crippen LogP contribution in [0.1, 0.15) is 5.56 Å². The molecule has 0 saturated carbocycles. The molecule has 0 saturated heterocycles. The first-order chi connectivity index (χ1) is 10.1. The van der Waals surface area contributed by atoms with Crippen molar-refractivity contribution in [2.24, 2.45) is 0 Å². The molecular formula is C15H15BrN2O3. The van der Waals surface area contributed by atoms with Crippen LogP contribution >= 0.6 is 15.9 Å². The van der Waals surface area contributed by atoms with Crippen molar-refractivity contribution in [1.82, 2.24) is 0 Å². The second-order valence-corrected chi connectivity index (χ2v) is 5.32. The minimum atomic E-state index is -0.387. The van der Waals surface area contributed by atoms with Crippen LogP contribution < -0.4 is 10.1 Å². The maximum absolute atomic E-state index is 10.8. The van der Waals surface area contributed by atoms with Gasteiger partial charge in [-0.15, -0.1) is 0 Å². The average Bonchev–Trinajstić information content (AvgIpc) is 2.47. The zero-order chi connectivity index (χ0) is 15.2. The van der Waals surface area contributed by atoms with Gasteiger partial charge in [0.2, 0.25) is 0 Å². The van der Waals surface area contributed by atoms with Gasteiger partial charge in [-0.1, -0.05) is 18.2 Å². The molecule has 2 aromatic rings. The fraction of sp³-hybridized carbons (Fsp3) is 0.200. The van der Waals surface area contributed by atoms with Gasteiger partial charge in [0.25, 0.3) is 5.69 Å². The molecule has 0 aliphatic heterocycles. The Morgan fingerprint density at radius 3 is 2.67 bits per heavy atom. The Labute approximate surface area is 131 Å². The summed E-state index contributed by atoms with van der Waals surface area (Å²) < 4.78 is 6.24. The van der Waals surface area contributed by atoms with E-state index in [9.17, 15) is 10.1 Å². The molecule has 0 fully saturated rings. The monoisotopic (exact) mass is 350 g/mol. The normalized spacial score (nSPS) is 10.2. The number of aryl methyl sites for hydroxylation is 1. The minimum Gasteiger partial charge on any atom is -0.492 e. The number of nitrogens with one attached hydrogen (secondary N) is 1. The van der Waals surface area contributed by atoms with E-state index < -0.39 is 0 Å². The fourth-order valence-electron chi connectivity index (χ4n) is 1.87. The van der Waals surface area contributed by atoms with E-state index in [1.807, 2.05) is 30.3 Å². The van der Waals surface area contributed by atoms with Gasteiger partial charge < -0.3 is 10.1 Å². The second-order valence-electron chi connectivity index (χ2n) is 4.46. The molecule has 0 heterocycles. The summed E-state index contributed by atoms with van der Waals surface area (Å²) in [5, 5.41) is 14.0. The molecule has 5 nitrogen and oxygen atoms in total. The number of nitrogens with zero attached hydrogens (tertiary/aromatic N) is 1. The highest BCUT2D eigenvalue weighted by Crippen LogP contribution is 2.30. The number of halogens is 1. The molecular weight excluding hydrogens is 336 g/mol. The van der Waals surface area contributed by atoms with Crippen LogP contribution in [0.5, 0.6) is 5.75 Å². The molecule has 0 unspecified atom stereocenters. The van der Waals surface area contributed by atoms with Gasteiger partial charge in [-0.3, -0.25) is 10.1 Å². The summed E-state index contributed by atoms with van der Waals surface area (Å²) in [6.45, 7) is 2.83. The van der Waals surface area contributed by atoms with Crippen molar-refractivity contribution in [2.75, 3.05) is 18.5 Å². The van der Waals surface area contributed by atoms with Crippen molar-refractivity contribution in [3.63, 3.8) is 0 Å². The Hall–Kier alpha value is -2.08. The first-order valence-electron chi connectivity index (χ1n) is 6.44. The number of rotatable bonds is 6. The quantitative estimate of drug-likeness (QED) is 0.482. The largest absolute Gasteiger partial charge is 0.492 e. The first kappa shape index (κ1) is 15.3. The molecule has 21 heavy (non-hydrogen) atoms. The number of nitro groups is 1. The maximum Gasteiger partial charge on any atom is 0.273 e. The Bertz CT molecular complexity index is 632. The molecule has 0 aliphatic carbocycles. The number of para-hydroxylation sites is 1. The van der Waals surface area contributed by atoms with Gasteiger partial charge in [-0.05, 0) is 41.1 Å². The molecule has 2 aromatic carbocycles. The van der Waals surface area contributed by atoms with Gasteiger partial charge in [-0.25, -0.2) is 0 Å². The second kappa shape index (κ2) is 7.08. The molecule has 0 aromatic heterocycles. The average molecular weight is 351 g/mol. The summed E-state index contributed by atoms with van der Waals surface area (Å²) in [6.07, 6.45) is 0. The third-order valence-electron chi connectivity index (χ3n) is 2.91. The first-order valence-corrected chi connectivity index (χ1v) is 7.23. The van der Waals surface area contributed by atoms with Gasteiger partial charge >= 0.3 is 0 Å². The summed E-state index contributed by atoms with van der Waals surface area (Å²) >= 11 is 3.34. The fourth-order valence-corrected chi connectivity index (χ4v) is 2.35. The van der Waals surface area contributed by atoms with Crippen LogP contribution in [0, 0.1) is 17.0 Å². The van der Waals surface area contributed by atoms with Crippen LogP contribution in [0.15, 0.2) is 46.9 Å². The van der Waals surface area contributed by atoms with Gasteiger partial charge in [0, 0.05) is 28.3 Å². The molecule has 0 bridgehead atoms. The van der Waals surface area contributed by atoms with Crippen molar-refractivity contribution in [1.29, 1.82) is 0 Å². The molecule has 0 amide bonds. The van der Waals surface area contributed by atoms with Crippen LogP contribution in [0.3, 0.4) is 0 Å². The van der Waals surface area contributed by atoms with Crippen molar-refractivity contribution >= 4 is 27.3 Å². The number of benzene rings is 2. The van der Waals surface area contributed by atoms with Gasteiger partial charge in [0.15, 0.2) is 0 Å². The zero-order valence-corrected chi connectivity index (χ0v) is 13.1. The number of hydrogen-bond acceptors (Lipinski definition) is 4. The van der Waals surface area contributed by atoms with Crippen LogP contribution in [-0.2, 0) is 0 Å². The van der Waals surface area contributed by atoms with E-state index in [2.05, 4.69) is 21.2 Å². The molecule has 0 aliphatic rings. The number of anilines is 1. The van der Waals surface area contributed by atoms with Crippen molar-refractivity contribution in [2.45, 2.75) is 6.92 Å². The topological polar surface area (TPSA) is 64.4 Å². The van der Waals surface area contributed by atoms with Crippen LogP contribution in [0.2, 0.25) is 0 Å². The lowest BCUT2D eigenvalue weighted by Gasteiger charge is -2.11. The predicted octanol–water partition coefficient (Wildman–Crippen LogP) is 4.16. The Morgan fingerprint density at radius 1 is 1.29 bits per heavy atom. The molecule has 2 rings (SSSR count). The lowest BCUT2D eigenvalue weighted by Crippen LogP contribution is -2.12. The van der Waals surface area contributed by atoms with Crippen molar-refractivity contribution < 1.29 is 9.66 Å². The highest BCUT2D eigenvalue weighted by molar-refractivity contribution is 9.10. The van der Waals surface area contributed by atoms with Gasteiger partial charge in [0.05, 0.1) is 4.92 Å². The summed E-state index contributed by atoms with van der Waals surface area (Å²) in [4.78, 5) is 10.5. The number of nitro benzene ring substituents is 1. The van der Waals surface area contributed by atoms with Crippen LogP contribution in [-0.4, -0.2) is 18.1 Å². The van der Waals surface area contributed by atoms with E-state index in [1.54, 1.807) is 13.0 Å². The summed E-state index contributed by atoms with van der Waals surface area (Å²) in [6, 6.07) is 12.8.